The fraction of sp³-hybridized carbons (Fsp3) is 0.818. The highest BCUT2D eigenvalue weighted by atomic mass is 19.4. The van der Waals surface area contributed by atoms with Crippen LogP contribution in [-0.2, 0) is 9.59 Å². The van der Waals surface area contributed by atoms with Crippen molar-refractivity contribution < 1.29 is 22.8 Å². The predicted molar refractivity (Wildman–Crippen MR) is 62.0 cm³/mol. The van der Waals surface area contributed by atoms with Gasteiger partial charge in [-0.2, -0.15) is 13.2 Å². The zero-order valence-corrected chi connectivity index (χ0v) is 10.8. The van der Waals surface area contributed by atoms with Crippen molar-refractivity contribution in [2.24, 2.45) is 11.7 Å². The molecule has 0 aliphatic carbocycles. The van der Waals surface area contributed by atoms with Gasteiger partial charge in [-0.05, 0) is 26.7 Å². The average molecular weight is 281 g/mol. The lowest BCUT2D eigenvalue weighted by atomic mass is 9.93. The molecule has 0 aromatic carbocycles. The van der Waals surface area contributed by atoms with Gasteiger partial charge < -0.3 is 16.4 Å². The highest BCUT2D eigenvalue weighted by Gasteiger charge is 2.43. The van der Waals surface area contributed by atoms with Crippen LogP contribution >= 0.6 is 0 Å². The molecule has 1 heterocycles. The van der Waals surface area contributed by atoms with Gasteiger partial charge in [0.25, 0.3) is 0 Å². The van der Waals surface area contributed by atoms with Crippen LogP contribution in [0.2, 0.25) is 0 Å². The Bertz CT molecular complexity index is 361. The second-order valence-electron chi connectivity index (χ2n) is 5.26. The quantitative estimate of drug-likeness (QED) is 0.695. The number of primary amides is 1. The average Bonchev–Trinajstić information content (AvgIpc) is 2.27. The summed E-state index contributed by atoms with van der Waals surface area (Å²) in [7, 11) is 0. The van der Waals surface area contributed by atoms with Crippen LogP contribution in [0.4, 0.5) is 13.2 Å². The number of piperidine rings is 1. The van der Waals surface area contributed by atoms with E-state index < -0.39 is 35.5 Å². The van der Waals surface area contributed by atoms with Gasteiger partial charge >= 0.3 is 6.18 Å². The highest BCUT2D eigenvalue weighted by molar-refractivity contribution is 5.91. The molecule has 2 unspecified atom stereocenters. The van der Waals surface area contributed by atoms with Crippen molar-refractivity contribution in [3.8, 4) is 0 Å². The first kappa shape index (κ1) is 15.7. The Labute approximate surface area is 109 Å². The van der Waals surface area contributed by atoms with Gasteiger partial charge in [0, 0.05) is 6.54 Å². The molecule has 0 bridgehead atoms. The molecule has 1 aliphatic rings. The molecule has 0 aromatic rings. The highest BCUT2D eigenvalue weighted by Crippen LogP contribution is 2.31. The Kier molecular flexibility index (Phi) is 4.44. The molecular weight excluding hydrogens is 263 g/mol. The van der Waals surface area contributed by atoms with Crippen molar-refractivity contribution in [1.29, 1.82) is 0 Å². The van der Waals surface area contributed by atoms with Gasteiger partial charge in [0.05, 0.1) is 12.0 Å². The summed E-state index contributed by atoms with van der Waals surface area (Å²) in [5, 5.41) is 4.97. The molecule has 1 saturated heterocycles. The van der Waals surface area contributed by atoms with E-state index in [1.54, 1.807) is 0 Å². The second-order valence-corrected chi connectivity index (χ2v) is 5.26. The van der Waals surface area contributed by atoms with Crippen molar-refractivity contribution in [2.45, 2.75) is 44.4 Å². The van der Waals surface area contributed by atoms with Crippen LogP contribution in [0.1, 0.15) is 26.7 Å². The van der Waals surface area contributed by atoms with Gasteiger partial charge in [-0.1, -0.05) is 0 Å². The van der Waals surface area contributed by atoms with Crippen LogP contribution in [-0.4, -0.2) is 36.1 Å². The summed E-state index contributed by atoms with van der Waals surface area (Å²) in [5.74, 6) is -2.64. The third kappa shape index (κ3) is 4.09. The number of halogens is 3. The molecule has 2 atom stereocenters. The zero-order valence-electron chi connectivity index (χ0n) is 10.8. The Hall–Kier alpha value is -1.31. The van der Waals surface area contributed by atoms with E-state index in [-0.39, 0.29) is 19.4 Å². The molecule has 0 saturated carbocycles. The molecule has 110 valence electrons. The third-order valence-electron chi connectivity index (χ3n) is 3.25. The van der Waals surface area contributed by atoms with Crippen LogP contribution in [0.3, 0.4) is 0 Å². The molecule has 1 rings (SSSR count). The smallest absolute Gasteiger partial charge is 0.368 e. The van der Waals surface area contributed by atoms with Crippen molar-refractivity contribution in [3.05, 3.63) is 0 Å². The minimum atomic E-state index is -4.25. The van der Waals surface area contributed by atoms with Gasteiger partial charge in [-0.3, -0.25) is 9.59 Å². The first-order valence-corrected chi connectivity index (χ1v) is 5.96. The Morgan fingerprint density at radius 2 is 1.84 bits per heavy atom. The summed E-state index contributed by atoms with van der Waals surface area (Å²) in [6.07, 6.45) is -4.28. The standard InChI is InChI=1S/C11H18F3N3O2/c1-10(2,9(15)19)17-8(18)7-4-3-6(5-16-7)11(12,13)14/h6-7,16H,3-5H2,1-2H3,(H2,15,19)(H,17,18). The summed E-state index contributed by atoms with van der Waals surface area (Å²) in [5.41, 5.74) is 3.88. The van der Waals surface area contributed by atoms with Gasteiger partial charge in [-0.15, -0.1) is 0 Å². The maximum Gasteiger partial charge on any atom is 0.393 e. The molecule has 1 fully saturated rings. The lowest BCUT2D eigenvalue weighted by molar-refractivity contribution is -0.180. The fourth-order valence-corrected chi connectivity index (χ4v) is 1.82. The van der Waals surface area contributed by atoms with Crippen LogP contribution in [0.25, 0.3) is 0 Å². The molecule has 1 aliphatic heterocycles. The van der Waals surface area contributed by atoms with Crippen LogP contribution in [0.15, 0.2) is 0 Å². The lowest BCUT2D eigenvalue weighted by Gasteiger charge is -2.32. The number of hydrogen-bond donors (Lipinski definition) is 3. The summed E-state index contributed by atoms with van der Waals surface area (Å²) >= 11 is 0. The molecule has 4 N–H and O–H groups in total. The van der Waals surface area contributed by atoms with E-state index in [1.165, 1.54) is 13.8 Å². The normalized spacial score (nSPS) is 24.9. The summed E-state index contributed by atoms with van der Waals surface area (Å²) in [4.78, 5) is 22.9. The number of nitrogens with two attached hydrogens (primary N) is 1. The van der Waals surface area contributed by atoms with Crippen molar-refractivity contribution >= 4 is 11.8 Å². The van der Waals surface area contributed by atoms with Gasteiger partial charge in [0.1, 0.15) is 5.54 Å². The first-order chi connectivity index (χ1) is 8.54. The van der Waals surface area contributed by atoms with E-state index >= 15 is 0 Å². The summed E-state index contributed by atoms with van der Waals surface area (Å²) in [6, 6.07) is -0.725. The topological polar surface area (TPSA) is 84.2 Å². The van der Waals surface area contributed by atoms with Crippen molar-refractivity contribution in [2.75, 3.05) is 6.54 Å². The third-order valence-corrected chi connectivity index (χ3v) is 3.25. The molecule has 8 heteroatoms. The van der Waals surface area contributed by atoms with E-state index in [4.69, 9.17) is 5.73 Å². The molecule has 2 amide bonds. The summed E-state index contributed by atoms with van der Waals surface area (Å²) in [6.45, 7) is 2.59. The van der Waals surface area contributed by atoms with E-state index in [0.717, 1.165) is 0 Å². The number of nitrogens with one attached hydrogen (secondary N) is 2. The van der Waals surface area contributed by atoms with E-state index in [9.17, 15) is 22.8 Å². The second kappa shape index (κ2) is 5.36. The molecular formula is C11H18F3N3O2. The first-order valence-electron chi connectivity index (χ1n) is 5.96. The SMILES string of the molecule is CC(C)(NC(=O)C1CCC(C(F)(F)F)CN1)C(N)=O. The molecule has 0 radical (unpaired) electrons. The fourth-order valence-electron chi connectivity index (χ4n) is 1.82. The molecule has 5 nitrogen and oxygen atoms in total. The van der Waals surface area contributed by atoms with Gasteiger partial charge in [0.2, 0.25) is 11.8 Å². The largest absolute Gasteiger partial charge is 0.393 e. The Morgan fingerprint density at radius 1 is 1.26 bits per heavy atom. The van der Waals surface area contributed by atoms with E-state index in [0.29, 0.717) is 0 Å². The zero-order chi connectivity index (χ0) is 14.8. The lowest BCUT2D eigenvalue weighted by Crippen LogP contribution is -2.59. The monoisotopic (exact) mass is 281 g/mol. The predicted octanol–water partition coefficient (Wildman–Crippen LogP) is 0.297. The summed E-state index contributed by atoms with van der Waals surface area (Å²) < 4.78 is 37.3. The number of hydrogen-bond acceptors (Lipinski definition) is 3. The van der Waals surface area contributed by atoms with Gasteiger partial charge in [-0.25, -0.2) is 0 Å². The van der Waals surface area contributed by atoms with Gasteiger partial charge in [0.15, 0.2) is 0 Å². The van der Waals surface area contributed by atoms with Crippen LogP contribution in [0.5, 0.6) is 0 Å². The Balaban J connectivity index is 2.52. The number of carbonyl (C=O) groups excluding carboxylic acids is 2. The Morgan fingerprint density at radius 3 is 2.21 bits per heavy atom. The van der Waals surface area contributed by atoms with Crippen LogP contribution in [0, 0.1) is 5.92 Å². The van der Waals surface area contributed by atoms with Crippen molar-refractivity contribution in [3.63, 3.8) is 0 Å². The maximum atomic E-state index is 12.4. The van der Waals surface area contributed by atoms with Crippen LogP contribution < -0.4 is 16.4 Å². The maximum absolute atomic E-state index is 12.4. The number of amides is 2. The minimum absolute atomic E-state index is 0.0743. The number of rotatable bonds is 3. The number of carbonyl (C=O) groups is 2. The molecule has 0 aromatic heterocycles. The number of alkyl halides is 3. The molecule has 19 heavy (non-hydrogen) atoms. The minimum Gasteiger partial charge on any atom is -0.368 e. The molecule has 0 spiro atoms. The van der Waals surface area contributed by atoms with E-state index in [2.05, 4.69) is 10.6 Å². The van der Waals surface area contributed by atoms with E-state index in [1.807, 2.05) is 0 Å². The van der Waals surface area contributed by atoms with Crippen molar-refractivity contribution in [1.82, 2.24) is 10.6 Å².